The van der Waals surface area contributed by atoms with Gasteiger partial charge in [0.1, 0.15) is 0 Å². The Hall–Kier alpha value is -0.900. The number of nitrogens with zero attached hydrogens (tertiary/aromatic N) is 2. The lowest BCUT2D eigenvalue weighted by Gasteiger charge is -2.37. The van der Waals surface area contributed by atoms with E-state index < -0.39 is 0 Å². The molecule has 0 bridgehead atoms. The summed E-state index contributed by atoms with van der Waals surface area (Å²) in [5, 5.41) is 0. The van der Waals surface area contributed by atoms with Crippen molar-refractivity contribution in [1.82, 2.24) is 9.80 Å². The number of rotatable bonds is 7. The fourth-order valence-electron chi connectivity index (χ4n) is 3.11. The first-order chi connectivity index (χ1) is 9.40. The lowest BCUT2D eigenvalue weighted by Crippen LogP contribution is -2.44. The van der Waals surface area contributed by atoms with Crippen molar-refractivity contribution in [3.8, 4) is 0 Å². The van der Waals surface area contributed by atoms with Crippen molar-refractivity contribution in [1.29, 1.82) is 0 Å². The van der Waals surface area contributed by atoms with Crippen LogP contribution in [0.4, 0.5) is 0 Å². The van der Waals surface area contributed by atoms with Gasteiger partial charge in [0.2, 0.25) is 0 Å². The van der Waals surface area contributed by atoms with E-state index in [1.807, 2.05) is 0 Å². The van der Waals surface area contributed by atoms with Crippen molar-refractivity contribution in [2.24, 2.45) is 5.73 Å². The van der Waals surface area contributed by atoms with Crippen molar-refractivity contribution < 1.29 is 0 Å². The molecule has 3 nitrogen and oxygen atoms in total. The van der Waals surface area contributed by atoms with Crippen molar-refractivity contribution in [2.75, 3.05) is 33.7 Å². The largest absolute Gasteiger partial charge is 0.329 e. The van der Waals surface area contributed by atoms with Crippen LogP contribution in [0.3, 0.4) is 0 Å². The Morgan fingerprint density at radius 2 is 1.85 bits per heavy atom. The van der Waals surface area contributed by atoms with E-state index in [4.69, 9.17) is 5.73 Å². The second-order valence-corrected chi connectivity index (χ2v) is 6.05. The molecule has 1 aromatic rings. The lowest BCUT2D eigenvalue weighted by molar-refractivity contribution is 0.130. The highest BCUT2D eigenvalue weighted by atomic mass is 15.2. The maximum absolute atomic E-state index is 6.10. The fourth-order valence-corrected chi connectivity index (χ4v) is 3.11. The Kier molecular flexibility index (Phi) is 6.66. The third kappa shape index (κ3) is 4.30. The highest BCUT2D eigenvalue weighted by Gasteiger charge is 2.24. The molecule has 2 atom stereocenters. The summed E-state index contributed by atoms with van der Waals surface area (Å²) in [5.74, 6) is 0. The molecule has 0 amide bonds. The fraction of sp³-hybridized carbons (Fsp3) is 0.647. The van der Waals surface area contributed by atoms with Crippen LogP contribution in [-0.4, -0.2) is 49.6 Å². The molecule has 3 heteroatoms. The molecule has 114 valence electrons. The second-order valence-electron chi connectivity index (χ2n) is 6.05. The summed E-state index contributed by atoms with van der Waals surface area (Å²) in [6.07, 6.45) is 0. The molecular weight excluding hydrogens is 246 g/mol. The smallest absolute Gasteiger partial charge is 0.0476 e. The van der Waals surface area contributed by atoms with Crippen LogP contribution in [0.1, 0.15) is 36.6 Å². The average molecular weight is 277 g/mol. The van der Waals surface area contributed by atoms with E-state index in [-0.39, 0.29) is 0 Å². The number of aryl methyl sites for hydroxylation is 2. The van der Waals surface area contributed by atoms with Crippen LogP contribution >= 0.6 is 0 Å². The summed E-state index contributed by atoms with van der Waals surface area (Å²) in [5.41, 5.74) is 10.1. The summed E-state index contributed by atoms with van der Waals surface area (Å²) in [6.45, 7) is 11.6. The molecule has 0 heterocycles. The van der Waals surface area contributed by atoms with E-state index in [1.54, 1.807) is 0 Å². The predicted molar refractivity (Wildman–Crippen MR) is 88.1 cm³/mol. The zero-order valence-electron chi connectivity index (χ0n) is 14.0. The van der Waals surface area contributed by atoms with Crippen LogP contribution in [0.5, 0.6) is 0 Å². The van der Waals surface area contributed by atoms with Crippen molar-refractivity contribution in [3.05, 3.63) is 34.9 Å². The summed E-state index contributed by atoms with van der Waals surface area (Å²) < 4.78 is 0. The van der Waals surface area contributed by atoms with E-state index in [2.05, 4.69) is 69.8 Å². The number of likely N-dealkylation sites (N-methyl/N-ethyl adjacent to an activating group) is 2. The zero-order chi connectivity index (χ0) is 15.3. The van der Waals surface area contributed by atoms with E-state index >= 15 is 0 Å². The van der Waals surface area contributed by atoms with Gasteiger partial charge in [-0.1, -0.05) is 30.7 Å². The Labute approximate surface area is 124 Å². The monoisotopic (exact) mass is 277 g/mol. The van der Waals surface area contributed by atoms with E-state index in [0.717, 1.165) is 13.1 Å². The molecule has 1 rings (SSSR count). The van der Waals surface area contributed by atoms with Gasteiger partial charge in [0.25, 0.3) is 0 Å². The highest BCUT2D eigenvalue weighted by Crippen LogP contribution is 2.25. The number of nitrogens with two attached hydrogens (primary N) is 1. The van der Waals surface area contributed by atoms with Crippen LogP contribution in [0.15, 0.2) is 18.2 Å². The normalized spacial score (nSPS) is 14.8. The van der Waals surface area contributed by atoms with Gasteiger partial charge >= 0.3 is 0 Å². The van der Waals surface area contributed by atoms with Gasteiger partial charge in [0.15, 0.2) is 0 Å². The first-order valence-electron chi connectivity index (χ1n) is 7.58. The van der Waals surface area contributed by atoms with Gasteiger partial charge in [-0.25, -0.2) is 0 Å². The first-order valence-corrected chi connectivity index (χ1v) is 7.58. The minimum atomic E-state index is 0.301. The van der Waals surface area contributed by atoms with E-state index in [1.165, 1.54) is 16.7 Å². The topological polar surface area (TPSA) is 32.5 Å². The van der Waals surface area contributed by atoms with Gasteiger partial charge in [0.05, 0.1) is 0 Å². The maximum atomic E-state index is 6.10. The van der Waals surface area contributed by atoms with Gasteiger partial charge in [-0.2, -0.15) is 0 Å². The molecule has 0 aliphatic carbocycles. The zero-order valence-corrected chi connectivity index (χ0v) is 14.0. The average Bonchev–Trinajstić information content (AvgIpc) is 2.35. The second kappa shape index (κ2) is 7.77. The SMILES string of the molecule is CCN(C(C)CN(C)C)C(CN)c1ccc(C)cc1C. The highest BCUT2D eigenvalue weighted by molar-refractivity contribution is 5.33. The van der Waals surface area contributed by atoms with Crippen molar-refractivity contribution in [2.45, 2.75) is 39.8 Å². The van der Waals surface area contributed by atoms with Gasteiger partial charge < -0.3 is 10.6 Å². The van der Waals surface area contributed by atoms with Crippen LogP contribution < -0.4 is 5.73 Å². The summed E-state index contributed by atoms with van der Waals surface area (Å²) in [6, 6.07) is 7.48. The molecule has 0 aliphatic rings. The van der Waals surface area contributed by atoms with Gasteiger partial charge in [-0.15, -0.1) is 0 Å². The van der Waals surface area contributed by atoms with Gasteiger partial charge in [-0.3, -0.25) is 4.90 Å². The summed E-state index contributed by atoms with van der Waals surface area (Å²) in [4.78, 5) is 4.75. The molecular formula is C17H31N3. The van der Waals surface area contributed by atoms with Crippen molar-refractivity contribution in [3.63, 3.8) is 0 Å². The van der Waals surface area contributed by atoms with Crippen LogP contribution in [0.2, 0.25) is 0 Å². The first kappa shape index (κ1) is 17.2. The Morgan fingerprint density at radius 3 is 2.30 bits per heavy atom. The third-order valence-electron chi connectivity index (χ3n) is 3.97. The molecule has 2 unspecified atom stereocenters. The van der Waals surface area contributed by atoms with E-state index in [9.17, 15) is 0 Å². The molecule has 0 spiro atoms. The van der Waals surface area contributed by atoms with Crippen LogP contribution in [0, 0.1) is 13.8 Å². The maximum Gasteiger partial charge on any atom is 0.0476 e. The number of hydrogen-bond acceptors (Lipinski definition) is 3. The van der Waals surface area contributed by atoms with Gasteiger partial charge in [-0.05, 0) is 52.5 Å². The van der Waals surface area contributed by atoms with Crippen molar-refractivity contribution >= 4 is 0 Å². The molecule has 0 saturated heterocycles. The molecule has 1 aromatic carbocycles. The molecule has 2 N–H and O–H groups in total. The quantitative estimate of drug-likeness (QED) is 0.831. The van der Waals surface area contributed by atoms with Crippen LogP contribution in [0.25, 0.3) is 0 Å². The molecule has 0 aromatic heterocycles. The molecule has 0 fully saturated rings. The minimum Gasteiger partial charge on any atom is -0.329 e. The van der Waals surface area contributed by atoms with Crippen LogP contribution in [-0.2, 0) is 0 Å². The molecule has 0 radical (unpaired) electrons. The Balaban J connectivity index is 3.02. The van der Waals surface area contributed by atoms with Gasteiger partial charge in [0, 0.05) is 25.2 Å². The lowest BCUT2D eigenvalue weighted by atomic mass is 9.97. The molecule has 0 aliphatic heterocycles. The summed E-state index contributed by atoms with van der Waals surface area (Å²) in [7, 11) is 4.25. The number of benzene rings is 1. The minimum absolute atomic E-state index is 0.301. The molecule has 20 heavy (non-hydrogen) atoms. The standard InChI is InChI=1S/C17H31N3/c1-7-20(15(4)12-19(5)6)17(11-18)16-9-8-13(2)10-14(16)3/h8-10,15,17H,7,11-12,18H2,1-6H3. The molecule has 0 saturated carbocycles. The third-order valence-corrected chi connectivity index (χ3v) is 3.97. The Morgan fingerprint density at radius 1 is 1.20 bits per heavy atom. The number of hydrogen-bond donors (Lipinski definition) is 1. The predicted octanol–water partition coefficient (Wildman–Crippen LogP) is 2.58. The Bertz CT molecular complexity index is 415. The summed E-state index contributed by atoms with van der Waals surface area (Å²) >= 11 is 0. The van der Waals surface area contributed by atoms with E-state index in [0.29, 0.717) is 18.6 Å².